The number of rotatable bonds is 5. The molecule has 0 aliphatic heterocycles. The zero-order chi connectivity index (χ0) is 8.69. The van der Waals surface area contributed by atoms with Gasteiger partial charge in [0.15, 0.2) is 0 Å². The molecule has 0 bridgehead atoms. The summed E-state index contributed by atoms with van der Waals surface area (Å²) in [5, 5.41) is 11.2. The van der Waals surface area contributed by atoms with Crippen molar-refractivity contribution in [2.45, 2.75) is 13.3 Å². The Kier molecular flexibility index (Phi) is 4.90. The summed E-state index contributed by atoms with van der Waals surface area (Å²) >= 11 is 0. The Morgan fingerprint density at radius 3 is 2.73 bits per heavy atom. The normalized spacial score (nSPS) is 9.91. The van der Waals surface area contributed by atoms with Crippen LogP contribution in [0.3, 0.4) is 0 Å². The van der Waals surface area contributed by atoms with Crippen molar-refractivity contribution in [3.63, 3.8) is 0 Å². The highest BCUT2D eigenvalue weighted by Gasteiger charge is 1.87. The van der Waals surface area contributed by atoms with E-state index >= 15 is 0 Å². The first-order chi connectivity index (χ1) is 5.16. The molecule has 0 radical (unpaired) electrons. The van der Waals surface area contributed by atoms with Crippen molar-refractivity contribution in [2.24, 2.45) is 0 Å². The second-order valence-electron chi connectivity index (χ2n) is 2.12. The Labute approximate surface area is 66.4 Å². The molecule has 0 saturated carbocycles. The molecule has 3 heteroatoms. The summed E-state index contributed by atoms with van der Waals surface area (Å²) in [5.41, 5.74) is 0.634. The third-order valence-electron chi connectivity index (χ3n) is 1.03. The van der Waals surface area contributed by atoms with Gasteiger partial charge in [0.05, 0.1) is 0 Å². The fourth-order valence-corrected chi connectivity index (χ4v) is 0.516. The number of aliphatic carboxylic acids is 1. The summed E-state index contributed by atoms with van der Waals surface area (Å²) in [6.45, 7) is 6.45. The van der Waals surface area contributed by atoms with Crippen LogP contribution >= 0.6 is 0 Å². The van der Waals surface area contributed by atoms with E-state index in [0.717, 1.165) is 19.0 Å². The van der Waals surface area contributed by atoms with Gasteiger partial charge in [0.1, 0.15) is 0 Å². The van der Waals surface area contributed by atoms with Gasteiger partial charge in [-0.25, -0.2) is 4.79 Å². The fourth-order valence-electron chi connectivity index (χ4n) is 0.516. The standard InChI is InChI=1S/C8H13NO2/c1-3-6-9-7(2)4-5-8(10)11/h4-5,9H,2-3,6H2,1H3,(H,10,11)/b5-4-. The molecular weight excluding hydrogens is 142 g/mol. The second-order valence-corrected chi connectivity index (χ2v) is 2.12. The molecule has 0 unspecified atom stereocenters. The van der Waals surface area contributed by atoms with Gasteiger partial charge in [0, 0.05) is 18.3 Å². The lowest BCUT2D eigenvalue weighted by molar-refractivity contribution is -0.131. The van der Waals surface area contributed by atoms with E-state index in [1.165, 1.54) is 6.08 Å². The number of hydrogen-bond donors (Lipinski definition) is 2. The molecule has 0 aliphatic rings. The first-order valence-electron chi connectivity index (χ1n) is 3.50. The van der Waals surface area contributed by atoms with Gasteiger partial charge in [-0.2, -0.15) is 0 Å². The van der Waals surface area contributed by atoms with Crippen LogP contribution in [0, 0.1) is 0 Å². The molecule has 62 valence electrons. The van der Waals surface area contributed by atoms with Crippen molar-refractivity contribution in [1.82, 2.24) is 5.32 Å². The third kappa shape index (κ3) is 6.64. The molecule has 11 heavy (non-hydrogen) atoms. The van der Waals surface area contributed by atoms with Crippen LogP contribution in [0.2, 0.25) is 0 Å². The number of carboxylic acids is 1. The smallest absolute Gasteiger partial charge is 0.328 e. The average molecular weight is 155 g/mol. The highest BCUT2D eigenvalue weighted by molar-refractivity contribution is 5.80. The maximum atomic E-state index is 10.0. The average Bonchev–Trinajstić information content (AvgIpc) is 1.97. The van der Waals surface area contributed by atoms with Crippen LogP contribution in [0.4, 0.5) is 0 Å². The lowest BCUT2D eigenvalue weighted by Crippen LogP contribution is -2.11. The van der Waals surface area contributed by atoms with Crippen LogP contribution in [-0.4, -0.2) is 17.6 Å². The minimum atomic E-state index is -0.954. The molecule has 3 nitrogen and oxygen atoms in total. The van der Waals surface area contributed by atoms with Gasteiger partial charge in [-0.05, 0) is 12.5 Å². The van der Waals surface area contributed by atoms with Crippen molar-refractivity contribution < 1.29 is 9.90 Å². The molecule has 2 N–H and O–H groups in total. The van der Waals surface area contributed by atoms with Gasteiger partial charge < -0.3 is 10.4 Å². The molecule has 0 aromatic heterocycles. The molecular formula is C8H13NO2. The van der Waals surface area contributed by atoms with Gasteiger partial charge >= 0.3 is 5.97 Å². The number of carbonyl (C=O) groups is 1. The van der Waals surface area contributed by atoms with Crippen molar-refractivity contribution >= 4 is 5.97 Å². The SMILES string of the molecule is C=C(/C=C\C(=O)O)NCCC. The first-order valence-corrected chi connectivity index (χ1v) is 3.50. The van der Waals surface area contributed by atoms with Gasteiger partial charge in [-0.15, -0.1) is 0 Å². The van der Waals surface area contributed by atoms with E-state index in [1.54, 1.807) is 0 Å². The largest absolute Gasteiger partial charge is 0.478 e. The van der Waals surface area contributed by atoms with Crippen LogP contribution < -0.4 is 5.32 Å². The molecule has 0 spiro atoms. The number of carboxylic acid groups (broad SMARTS) is 1. The van der Waals surface area contributed by atoms with E-state index in [4.69, 9.17) is 5.11 Å². The Morgan fingerprint density at radius 2 is 2.27 bits per heavy atom. The zero-order valence-corrected chi connectivity index (χ0v) is 6.63. The number of hydrogen-bond acceptors (Lipinski definition) is 2. The van der Waals surface area contributed by atoms with E-state index in [-0.39, 0.29) is 0 Å². The van der Waals surface area contributed by atoms with Gasteiger partial charge in [0.2, 0.25) is 0 Å². The van der Waals surface area contributed by atoms with Crippen molar-refractivity contribution in [3.05, 3.63) is 24.4 Å². The molecule has 0 atom stereocenters. The zero-order valence-electron chi connectivity index (χ0n) is 6.63. The lowest BCUT2D eigenvalue weighted by atomic mass is 10.4. The monoisotopic (exact) mass is 155 g/mol. The van der Waals surface area contributed by atoms with E-state index < -0.39 is 5.97 Å². The third-order valence-corrected chi connectivity index (χ3v) is 1.03. The summed E-state index contributed by atoms with van der Waals surface area (Å²) in [7, 11) is 0. The Bertz CT molecular complexity index is 173. The van der Waals surface area contributed by atoms with Gasteiger partial charge in [0.25, 0.3) is 0 Å². The molecule has 0 rings (SSSR count). The summed E-state index contributed by atoms with van der Waals surface area (Å²) < 4.78 is 0. The Balaban J connectivity index is 3.60. The van der Waals surface area contributed by atoms with Crippen molar-refractivity contribution in [3.8, 4) is 0 Å². The minimum Gasteiger partial charge on any atom is -0.478 e. The maximum Gasteiger partial charge on any atom is 0.328 e. The highest BCUT2D eigenvalue weighted by atomic mass is 16.4. The summed E-state index contributed by atoms with van der Waals surface area (Å²) in [6, 6.07) is 0. The highest BCUT2D eigenvalue weighted by Crippen LogP contribution is 1.87. The van der Waals surface area contributed by atoms with Crippen molar-refractivity contribution in [1.29, 1.82) is 0 Å². The van der Waals surface area contributed by atoms with Gasteiger partial charge in [-0.3, -0.25) is 0 Å². The van der Waals surface area contributed by atoms with Crippen LogP contribution in [-0.2, 0) is 4.79 Å². The molecule has 0 fully saturated rings. The minimum absolute atomic E-state index is 0.634. The summed E-state index contributed by atoms with van der Waals surface area (Å²) in [6.07, 6.45) is 3.50. The van der Waals surface area contributed by atoms with Crippen LogP contribution in [0.25, 0.3) is 0 Å². The van der Waals surface area contributed by atoms with Crippen molar-refractivity contribution in [2.75, 3.05) is 6.54 Å². The van der Waals surface area contributed by atoms with E-state index in [2.05, 4.69) is 11.9 Å². The molecule has 0 aromatic rings. The fraction of sp³-hybridized carbons (Fsp3) is 0.375. The predicted octanol–water partition coefficient (Wildman–Crippen LogP) is 1.14. The molecule has 0 aliphatic carbocycles. The van der Waals surface area contributed by atoms with Crippen LogP contribution in [0.1, 0.15) is 13.3 Å². The molecule has 0 aromatic carbocycles. The maximum absolute atomic E-state index is 10.0. The quantitative estimate of drug-likeness (QED) is 0.462. The molecule has 0 saturated heterocycles. The number of nitrogens with one attached hydrogen (secondary N) is 1. The lowest BCUT2D eigenvalue weighted by Gasteiger charge is -2.01. The van der Waals surface area contributed by atoms with Crippen LogP contribution in [0.15, 0.2) is 24.4 Å². The van der Waals surface area contributed by atoms with Gasteiger partial charge in [-0.1, -0.05) is 13.5 Å². The van der Waals surface area contributed by atoms with E-state index in [0.29, 0.717) is 5.70 Å². The predicted molar refractivity (Wildman–Crippen MR) is 44.2 cm³/mol. The Morgan fingerprint density at radius 1 is 1.64 bits per heavy atom. The topological polar surface area (TPSA) is 49.3 Å². The first kappa shape index (κ1) is 9.75. The molecule has 0 amide bonds. The van der Waals surface area contributed by atoms with E-state index in [9.17, 15) is 4.79 Å². The Hall–Kier alpha value is -1.25. The van der Waals surface area contributed by atoms with Crippen LogP contribution in [0.5, 0.6) is 0 Å². The second kappa shape index (κ2) is 5.53. The number of allylic oxidation sites excluding steroid dienone is 1. The summed E-state index contributed by atoms with van der Waals surface area (Å²) in [5.74, 6) is -0.954. The summed E-state index contributed by atoms with van der Waals surface area (Å²) in [4.78, 5) is 10.0. The molecule has 0 heterocycles. The van der Waals surface area contributed by atoms with E-state index in [1.807, 2.05) is 6.92 Å².